The number of halogens is 5. The Bertz CT molecular complexity index is 1120. The molecule has 2 aromatic carbocycles. The largest absolute Gasteiger partial charge is 0.295 e. The quantitative estimate of drug-likeness (QED) is 0.159. The van der Waals surface area contributed by atoms with Crippen LogP contribution >= 0.6 is 0 Å². The maximum absolute atomic E-state index is 13.6. The normalized spacial score (nSPS) is 12.0. The van der Waals surface area contributed by atoms with Crippen molar-refractivity contribution in [2.45, 2.75) is 18.7 Å². The molecule has 0 radical (unpaired) electrons. The Morgan fingerprint density at radius 2 is 1.55 bits per heavy atom. The van der Waals surface area contributed by atoms with Crippen molar-refractivity contribution in [1.82, 2.24) is 4.31 Å². The van der Waals surface area contributed by atoms with E-state index in [0.29, 0.717) is 0 Å². The van der Waals surface area contributed by atoms with E-state index in [9.17, 15) is 40.5 Å². The van der Waals surface area contributed by atoms with E-state index in [2.05, 4.69) is 5.10 Å². The number of nitro groups is 1. The second-order valence-corrected chi connectivity index (χ2v) is 7.82. The van der Waals surface area contributed by atoms with Gasteiger partial charge in [0.05, 0.1) is 21.6 Å². The van der Waals surface area contributed by atoms with Gasteiger partial charge >= 0.3 is 0 Å². The molecule has 0 fully saturated rings. The van der Waals surface area contributed by atoms with Crippen molar-refractivity contribution in [2.24, 2.45) is 5.10 Å². The van der Waals surface area contributed by atoms with Crippen LogP contribution in [0.2, 0.25) is 0 Å². The standard InChI is InChI=1S/C17H15F5N4O4S/c1-3-25(4-2)31(29,30)9-5-6-11(12(7-9)26(27)28)24-23-8-10-13(18)15(20)17(22)16(21)14(10)19/h5-8,24H,3-4H2,1-2H3/b23-8-. The number of sulfonamides is 1. The molecular formula is C17H15F5N4O4S. The maximum Gasteiger partial charge on any atom is 0.295 e. The lowest BCUT2D eigenvalue weighted by Crippen LogP contribution is -2.30. The fourth-order valence-electron chi connectivity index (χ4n) is 2.53. The number of nitrogens with one attached hydrogen (secondary N) is 1. The first-order valence-electron chi connectivity index (χ1n) is 8.56. The lowest BCUT2D eigenvalue weighted by Gasteiger charge is -2.18. The molecule has 168 valence electrons. The van der Waals surface area contributed by atoms with E-state index in [1.165, 1.54) is 0 Å². The van der Waals surface area contributed by atoms with Gasteiger partial charge in [0.15, 0.2) is 23.3 Å². The highest BCUT2D eigenvalue weighted by Crippen LogP contribution is 2.29. The van der Waals surface area contributed by atoms with Crippen LogP contribution in [-0.2, 0) is 10.0 Å². The van der Waals surface area contributed by atoms with Gasteiger partial charge in [-0.05, 0) is 12.1 Å². The molecule has 14 heteroatoms. The van der Waals surface area contributed by atoms with Crippen LogP contribution in [0.4, 0.5) is 33.3 Å². The molecule has 0 spiro atoms. The minimum absolute atomic E-state index is 0.124. The van der Waals surface area contributed by atoms with Crippen LogP contribution in [0.3, 0.4) is 0 Å². The van der Waals surface area contributed by atoms with Crippen LogP contribution in [0.25, 0.3) is 0 Å². The topological polar surface area (TPSA) is 105 Å². The van der Waals surface area contributed by atoms with Crippen molar-refractivity contribution in [3.05, 3.63) is 63.0 Å². The van der Waals surface area contributed by atoms with E-state index in [-0.39, 0.29) is 29.9 Å². The van der Waals surface area contributed by atoms with Crippen molar-refractivity contribution in [3.63, 3.8) is 0 Å². The summed E-state index contributed by atoms with van der Waals surface area (Å²) in [5.41, 5.74) is -0.467. The molecule has 0 aliphatic rings. The summed E-state index contributed by atoms with van der Waals surface area (Å²) in [5.74, 6) is -11.0. The summed E-state index contributed by atoms with van der Waals surface area (Å²) in [4.78, 5) is 10.0. The molecule has 0 aromatic heterocycles. The number of anilines is 1. The predicted octanol–water partition coefficient (Wildman–Crippen LogP) is 3.77. The Kier molecular flexibility index (Phi) is 7.28. The Morgan fingerprint density at radius 3 is 2.03 bits per heavy atom. The lowest BCUT2D eigenvalue weighted by atomic mass is 10.2. The van der Waals surface area contributed by atoms with Gasteiger partial charge in [-0.25, -0.2) is 30.4 Å². The Morgan fingerprint density at radius 1 is 1.03 bits per heavy atom. The third-order valence-corrected chi connectivity index (χ3v) is 6.18. The number of hydrazone groups is 1. The summed E-state index contributed by atoms with van der Waals surface area (Å²) in [6.45, 7) is 3.41. The number of nitro benzene ring substituents is 1. The Labute approximate surface area is 173 Å². The van der Waals surface area contributed by atoms with Gasteiger partial charge in [-0.1, -0.05) is 13.8 Å². The first kappa shape index (κ1) is 24.1. The van der Waals surface area contributed by atoms with Gasteiger partial charge in [0, 0.05) is 19.2 Å². The van der Waals surface area contributed by atoms with Crippen LogP contribution in [0.5, 0.6) is 0 Å². The fraction of sp³-hybridized carbons (Fsp3) is 0.235. The summed E-state index contributed by atoms with van der Waals surface area (Å²) in [5, 5.41) is 14.6. The second-order valence-electron chi connectivity index (χ2n) is 5.88. The molecule has 0 amide bonds. The summed E-state index contributed by atoms with van der Waals surface area (Å²) < 4.78 is 92.9. The van der Waals surface area contributed by atoms with E-state index < -0.39 is 55.3 Å². The van der Waals surface area contributed by atoms with E-state index in [4.69, 9.17) is 0 Å². The summed E-state index contributed by atoms with van der Waals surface area (Å²) in [6.07, 6.45) is 0.251. The van der Waals surface area contributed by atoms with Crippen molar-refractivity contribution < 1.29 is 35.3 Å². The zero-order valence-corrected chi connectivity index (χ0v) is 16.8. The molecule has 0 unspecified atom stereocenters. The Hall–Kier alpha value is -3.13. The maximum atomic E-state index is 13.6. The van der Waals surface area contributed by atoms with Gasteiger partial charge in [0.1, 0.15) is 5.69 Å². The molecule has 0 aliphatic heterocycles. The van der Waals surface area contributed by atoms with Crippen molar-refractivity contribution in [2.75, 3.05) is 18.5 Å². The minimum Gasteiger partial charge on any atom is -0.272 e. The fourth-order valence-corrected chi connectivity index (χ4v) is 4.01. The number of hydrogen-bond donors (Lipinski definition) is 1. The molecule has 0 atom stereocenters. The van der Waals surface area contributed by atoms with Crippen LogP contribution in [0.15, 0.2) is 28.2 Å². The molecule has 0 heterocycles. The monoisotopic (exact) mass is 466 g/mol. The van der Waals surface area contributed by atoms with Crippen LogP contribution < -0.4 is 5.43 Å². The van der Waals surface area contributed by atoms with E-state index in [1.807, 2.05) is 5.43 Å². The SMILES string of the molecule is CCN(CC)S(=O)(=O)c1ccc(N/N=C\c2c(F)c(F)c(F)c(F)c2F)c([N+](=O)[O-])c1. The van der Waals surface area contributed by atoms with E-state index >= 15 is 0 Å². The highest BCUT2D eigenvalue weighted by Gasteiger charge is 2.26. The van der Waals surface area contributed by atoms with Crippen molar-refractivity contribution in [3.8, 4) is 0 Å². The third-order valence-electron chi connectivity index (χ3n) is 4.13. The zero-order chi connectivity index (χ0) is 23.5. The first-order valence-corrected chi connectivity index (χ1v) is 10.00. The Balaban J connectivity index is 2.43. The van der Waals surface area contributed by atoms with Gasteiger partial charge in [0.2, 0.25) is 15.8 Å². The molecule has 0 saturated heterocycles. The number of rotatable bonds is 8. The minimum atomic E-state index is -4.02. The van der Waals surface area contributed by atoms with Crippen LogP contribution in [0.1, 0.15) is 19.4 Å². The van der Waals surface area contributed by atoms with E-state index in [1.54, 1.807) is 13.8 Å². The van der Waals surface area contributed by atoms with Gasteiger partial charge in [-0.3, -0.25) is 15.5 Å². The molecule has 31 heavy (non-hydrogen) atoms. The molecule has 0 saturated carbocycles. The molecule has 8 nitrogen and oxygen atoms in total. The summed E-state index contributed by atoms with van der Waals surface area (Å²) in [7, 11) is -4.02. The average Bonchev–Trinajstić information content (AvgIpc) is 2.73. The molecule has 0 aliphatic carbocycles. The van der Waals surface area contributed by atoms with E-state index in [0.717, 1.165) is 22.5 Å². The highest BCUT2D eigenvalue weighted by molar-refractivity contribution is 7.89. The average molecular weight is 466 g/mol. The smallest absolute Gasteiger partial charge is 0.272 e. The van der Waals surface area contributed by atoms with Crippen molar-refractivity contribution in [1.29, 1.82) is 0 Å². The van der Waals surface area contributed by atoms with Crippen molar-refractivity contribution >= 4 is 27.6 Å². The zero-order valence-electron chi connectivity index (χ0n) is 16.0. The lowest BCUT2D eigenvalue weighted by molar-refractivity contribution is -0.384. The molecule has 2 rings (SSSR count). The third kappa shape index (κ3) is 4.64. The molecule has 0 bridgehead atoms. The summed E-state index contributed by atoms with van der Waals surface area (Å²) in [6, 6.07) is 2.77. The molecule has 2 aromatic rings. The highest BCUT2D eigenvalue weighted by atomic mass is 32.2. The second kappa shape index (κ2) is 9.34. The van der Waals surface area contributed by atoms with Crippen LogP contribution in [0, 0.1) is 39.2 Å². The van der Waals surface area contributed by atoms with Gasteiger partial charge in [0.25, 0.3) is 5.69 Å². The summed E-state index contributed by atoms with van der Waals surface area (Å²) >= 11 is 0. The van der Waals surface area contributed by atoms with Gasteiger partial charge < -0.3 is 0 Å². The number of benzene rings is 2. The van der Waals surface area contributed by atoms with Gasteiger partial charge in [-0.2, -0.15) is 9.41 Å². The molecule has 1 N–H and O–H groups in total. The predicted molar refractivity (Wildman–Crippen MR) is 101 cm³/mol. The number of hydrogen-bond acceptors (Lipinski definition) is 6. The first-order chi connectivity index (χ1) is 14.5. The van der Waals surface area contributed by atoms with Gasteiger partial charge in [-0.15, -0.1) is 0 Å². The molecular weight excluding hydrogens is 451 g/mol. The van der Waals surface area contributed by atoms with Crippen LogP contribution in [-0.4, -0.2) is 37.0 Å². The number of nitrogens with zero attached hydrogens (tertiary/aromatic N) is 3.